The van der Waals surface area contributed by atoms with Crippen molar-refractivity contribution >= 4 is 16.9 Å². The standard InChI is InChI=1S/C38H61N3O4S/c1-2-3-4-5-6-7-8-9-10-11-12-13-14-15-16-19-28-44-33-37(45-38-39-24-20-25-40-38)34-46(42)31-30-43-29-27-41-26-23-35-21-17-18-22-36(35)32-41/h17-18,20-26,37H,2-16,19,27-34H2,1H3. The Morgan fingerprint density at radius 2 is 1.39 bits per heavy atom. The molecule has 0 spiro atoms. The molecular weight excluding hydrogens is 595 g/mol. The second kappa shape index (κ2) is 25.8. The highest BCUT2D eigenvalue weighted by molar-refractivity contribution is 7.85. The Morgan fingerprint density at radius 1 is 0.761 bits per heavy atom. The molecule has 0 fully saturated rings. The van der Waals surface area contributed by atoms with Gasteiger partial charge in [0.25, 0.3) is 0 Å². The largest absolute Gasteiger partial charge is 0.457 e. The second-order valence-corrected chi connectivity index (χ2v) is 14.2. The van der Waals surface area contributed by atoms with Gasteiger partial charge in [0.2, 0.25) is 0 Å². The summed E-state index contributed by atoms with van der Waals surface area (Å²) in [7, 11) is -1.09. The molecule has 2 aromatic rings. The maximum Gasteiger partial charge on any atom is 0.316 e. The highest BCUT2D eigenvalue weighted by Gasteiger charge is 2.17. The van der Waals surface area contributed by atoms with Crippen molar-refractivity contribution in [2.24, 2.45) is 0 Å². The third kappa shape index (κ3) is 18.2. The highest BCUT2D eigenvalue weighted by atomic mass is 32.2. The molecule has 0 saturated heterocycles. The van der Waals surface area contributed by atoms with Crippen LogP contribution in [0.5, 0.6) is 6.01 Å². The smallest absolute Gasteiger partial charge is 0.316 e. The van der Waals surface area contributed by atoms with E-state index >= 15 is 0 Å². The molecule has 3 rings (SSSR count). The number of hydrogen-bond acceptors (Lipinski definition) is 7. The summed E-state index contributed by atoms with van der Waals surface area (Å²) in [6.45, 7) is 6.11. The van der Waals surface area contributed by atoms with Crippen molar-refractivity contribution in [2.75, 3.05) is 44.5 Å². The molecule has 2 unspecified atom stereocenters. The zero-order valence-corrected chi connectivity index (χ0v) is 29.4. The Bertz CT molecular complexity index is 1070. The Balaban J connectivity index is 1.18. The molecule has 8 heteroatoms. The topological polar surface area (TPSA) is 73.8 Å². The molecule has 1 aliphatic heterocycles. The Morgan fingerprint density at radius 3 is 2.07 bits per heavy atom. The van der Waals surface area contributed by atoms with Crippen LogP contribution < -0.4 is 4.74 Å². The van der Waals surface area contributed by atoms with Crippen molar-refractivity contribution in [3.63, 3.8) is 0 Å². The van der Waals surface area contributed by atoms with Crippen LogP contribution in [0.4, 0.5) is 0 Å². The van der Waals surface area contributed by atoms with E-state index in [-0.39, 0.29) is 6.10 Å². The summed E-state index contributed by atoms with van der Waals surface area (Å²) in [6.07, 6.45) is 28.9. The average molecular weight is 656 g/mol. The molecule has 0 saturated carbocycles. The zero-order valence-electron chi connectivity index (χ0n) is 28.6. The van der Waals surface area contributed by atoms with Crippen LogP contribution in [0.25, 0.3) is 6.08 Å². The van der Waals surface area contributed by atoms with E-state index in [1.807, 2.05) is 0 Å². The maximum absolute atomic E-state index is 12.9. The summed E-state index contributed by atoms with van der Waals surface area (Å²) in [5.74, 6) is 0.833. The molecule has 2 atom stereocenters. The van der Waals surface area contributed by atoms with Crippen LogP contribution in [0.1, 0.15) is 121 Å². The number of fused-ring (bicyclic) bond motifs is 1. The van der Waals surface area contributed by atoms with Crippen LogP contribution >= 0.6 is 0 Å². The van der Waals surface area contributed by atoms with Crippen LogP contribution in [-0.2, 0) is 26.8 Å². The SMILES string of the molecule is CCCCCCCCCCCCCCCCCCOCC(CS(=O)CCOCCN1C=Cc2ccccc2C1)Oc1ncccn1. The van der Waals surface area contributed by atoms with Crippen molar-refractivity contribution in [2.45, 2.75) is 122 Å². The van der Waals surface area contributed by atoms with E-state index < -0.39 is 10.8 Å². The predicted molar refractivity (Wildman–Crippen MR) is 191 cm³/mol. The Kier molecular flexibility index (Phi) is 21.4. The van der Waals surface area contributed by atoms with Crippen LogP contribution in [0, 0.1) is 0 Å². The fourth-order valence-electron chi connectivity index (χ4n) is 5.76. The summed E-state index contributed by atoms with van der Waals surface area (Å²) in [5.41, 5.74) is 2.61. The van der Waals surface area contributed by atoms with E-state index in [4.69, 9.17) is 14.2 Å². The van der Waals surface area contributed by atoms with Crippen LogP contribution in [0.15, 0.2) is 48.9 Å². The number of rotatable bonds is 29. The number of benzene rings is 1. The molecule has 258 valence electrons. The first-order chi connectivity index (χ1) is 22.7. The van der Waals surface area contributed by atoms with Crippen LogP contribution in [0.3, 0.4) is 0 Å². The minimum Gasteiger partial charge on any atom is -0.457 e. The second-order valence-electron chi connectivity index (χ2n) is 12.6. The van der Waals surface area contributed by atoms with Gasteiger partial charge in [0.15, 0.2) is 0 Å². The van der Waals surface area contributed by atoms with Gasteiger partial charge in [0.1, 0.15) is 6.10 Å². The predicted octanol–water partition coefficient (Wildman–Crippen LogP) is 8.75. The number of unbranched alkanes of at least 4 members (excludes halogenated alkanes) is 15. The Hall–Kier alpha value is -2.29. The zero-order chi connectivity index (χ0) is 32.3. The molecule has 0 amide bonds. The molecule has 46 heavy (non-hydrogen) atoms. The van der Waals surface area contributed by atoms with Gasteiger partial charge in [-0.15, -0.1) is 0 Å². The molecule has 1 aliphatic rings. The normalized spacial score (nSPS) is 13.9. The molecule has 0 radical (unpaired) electrons. The highest BCUT2D eigenvalue weighted by Crippen LogP contribution is 2.19. The lowest BCUT2D eigenvalue weighted by molar-refractivity contribution is 0.0537. The Labute approximate surface area is 282 Å². The first-order valence-electron chi connectivity index (χ1n) is 18.2. The molecule has 1 aromatic carbocycles. The van der Waals surface area contributed by atoms with Crippen molar-refractivity contribution in [1.82, 2.24) is 14.9 Å². The molecule has 0 bridgehead atoms. The molecule has 0 N–H and O–H groups in total. The number of ether oxygens (including phenoxy) is 3. The van der Waals surface area contributed by atoms with E-state index in [9.17, 15) is 4.21 Å². The third-order valence-corrected chi connectivity index (χ3v) is 9.87. The lowest BCUT2D eigenvalue weighted by Gasteiger charge is -2.25. The van der Waals surface area contributed by atoms with E-state index in [1.165, 1.54) is 107 Å². The molecule has 1 aromatic heterocycles. The molecule has 0 aliphatic carbocycles. The quantitative estimate of drug-likeness (QED) is 0.0812. The first kappa shape index (κ1) is 38.2. The molecule has 7 nitrogen and oxygen atoms in total. The van der Waals surface area contributed by atoms with Crippen LogP contribution in [-0.4, -0.2) is 69.7 Å². The summed E-state index contributed by atoms with van der Waals surface area (Å²) >= 11 is 0. The summed E-state index contributed by atoms with van der Waals surface area (Å²) in [4.78, 5) is 10.6. The molecule has 2 heterocycles. The van der Waals surface area contributed by atoms with Gasteiger partial charge in [0.05, 0.1) is 25.6 Å². The van der Waals surface area contributed by atoms with Gasteiger partial charge in [-0.2, -0.15) is 0 Å². The summed E-state index contributed by atoms with van der Waals surface area (Å²) in [5, 5.41) is 0. The van der Waals surface area contributed by atoms with Gasteiger partial charge in [-0.05, 0) is 29.7 Å². The minimum absolute atomic E-state index is 0.294. The van der Waals surface area contributed by atoms with Gasteiger partial charge < -0.3 is 19.1 Å². The van der Waals surface area contributed by atoms with Gasteiger partial charge in [-0.3, -0.25) is 4.21 Å². The molecular formula is C38H61N3O4S. The number of aromatic nitrogens is 2. The van der Waals surface area contributed by atoms with Crippen LogP contribution in [0.2, 0.25) is 0 Å². The van der Waals surface area contributed by atoms with Crippen molar-refractivity contribution < 1.29 is 18.4 Å². The summed E-state index contributed by atoms with van der Waals surface area (Å²) in [6, 6.07) is 10.5. The lowest BCUT2D eigenvalue weighted by atomic mass is 10.0. The van der Waals surface area contributed by atoms with Gasteiger partial charge in [-0.1, -0.05) is 128 Å². The minimum atomic E-state index is -1.09. The average Bonchev–Trinajstić information content (AvgIpc) is 3.08. The van der Waals surface area contributed by atoms with Gasteiger partial charge in [-0.25, -0.2) is 9.97 Å². The number of nitrogens with zero attached hydrogens (tertiary/aromatic N) is 3. The lowest BCUT2D eigenvalue weighted by Crippen LogP contribution is -2.31. The van der Waals surface area contributed by atoms with E-state index in [0.29, 0.717) is 43.9 Å². The van der Waals surface area contributed by atoms with Crippen molar-refractivity contribution in [3.05, 3.63) is 60.1 Å². The van der Waals surface area contributed by atoms with Crippen molar-refractivity contribution in [1.29, 1.82) is 0 Å². The van der Waals surface area contributed by atoms with E-state index in [0.717, 1.165) is 19.5 Å². The van der Waals surface area contributed by atoms with E-state index in [1.54, 1.807) is 18.5 Å². The summed E-state index contributed by atoms with van der Waals surface area (Å²) < 4.78 is 30.6. The first-order valence-corrected chi connectivity index (χ1v) is 19.7. The monoisotopic (exact) mass is 655 g/mol. The van der Waals surface area contributed by atoms with E-state index in [2.05, 4.69) is 58.3 Å². The van der Waals surface area contributed by atoms with Gasteiger partial charge in [0, 0.05) is 54.8 Å². The number of hydrogen-bond donors (Lipinski definition) is 0. The third-order valence-electron chi connectivity index (χ3n) is 8.50. The van der Waals surface area contributed by atoms with Gasteiger partial charge >= 0.3 is 6.01 Å². The fourth-order valence-corrected chi connectivity index (χ4v) is 6.81. The fraction of sp³-hybridized carbons (Fsp3) is 0.684. The maximum atomic E-state index is 12.9. The van der Waals surface area contributed by atoms with Crippen molar-refractivity contribution in [3.8, 4) is 6.01 Å².